The van der Waals surface area contributed by atoms with Crippen LogP contribution in [0.2, 0.25) is 5.02 Å². The van der Waals surface area contributed by atoms with E-state index in [1.807, 2.05) is 59.5 Å². The molecule has 1 N–H and O–H groups in total. The van der Waals surface area contributed by atoms with E-state index in [9.17, 15) is 9.59 Å². The molecule has 1 heterocycles. The molecule has 0 spiro atoms. The fourth-order valence-corrected chi connectivity index (χ4v) is 3.81. The molecule has 2 amide bonds. The number of hydrogen-bond acceptors (Lipinski definition) is 2. The van der Waals surface area contributed by atoms with Crippen molar-refractivity contribution >= 4 is 23.4 Å². The van der Waals surface area contributed by atoms with Crippen LogP contribution in [0.3, 0.4) is 0 Å². The number of nitrogens with one attached hydrogen (secondary N) is 1. The molecule has 0 atom stereocenters. The summed E-state index contributed by atoms with van der Waals surface area (Å²) in [5, 5.41) is 3.83. The van der Waals surface area contributed by atoms with Crippen molar-refractivity contribution in [3.05, 3.63) is 70.7 Å². The number of aryl methyl sites for hydroxylation is 2. The number of nitrogens with zero attached hydrogens (tertiary/aromatic N) is 1. The topological polar surface area (TPSA) is 49.4 Å². The Labute approximate surface area is 171 Å². The van der Waals surface area contributed by atoms with Gasteiger partial charge in [0.15, 0.2) is 0 Å². The number of amides is 2. The van der Waals surface area contributed by atoms with Crippen LogP contribution >= 0.6 is 11.6 Å². The van der Waals surface area contributed by atoms with Gasteiger partial charge < -0.3 is 10.2 Å². The monoisotopic (exact) mass is 398 g/mol. The average Bonchev–Trinajstić information content (AvgIpc) is 2.73. The van der Waals surface area contributed by atoms with Crippen LogP contribution in [0.1, 0.15) is 36.8 Å². The van der Waals surface area contributed by atoms with Gasteiger partial charge in [0.25, 0.3) is 0 Å². The maximum absolute atomic E-state index is 12.5. The van der Waals surface area contributed by atoms with Crippen molar-refractivity contribution in [3.63, 3.8) is 0 Å². The van der Waals surface area contributed by atoms with Crippen LogP contribution < -0.4 is 5.32 Å². The quantitative estimate of drug-likeness (QED) is 0.765. The van der Waals surface area contributed by atoms with Gasteiger partial charge in [-0.25, -0.2) is 0 Å². The predicted molar refractivity (Wildman–Crippen MR) is 112 cm³/mol. The Morgan fingerprint density at radius 3 is 2.32 bits per heavy atom. The average molecular weight is 399 g/mol. The molecule has 4 nitrogen and oxygen atoms in total. The van der Waals surface area contributed by atoms with Crippen molar-refractivity contribution in [3.8, 4) is 0 Å². The number of carbonyl (C=O) groups excluding carboxylic acids is 2. The van der Waals surface area contributed by atoms with E-state index in [0.29, 0.717) is 37.4 Å². The molecule has 0 unspecified atom stereocenters. The van der Waals surface area contributed by atoms with Crippen LogP contribution in [0.15, 0.2) is 54.6 Å². The van der Waals surface area contributed by atoms with E-state index in [-0.39, 0.29) is 17.9 Å². The molecule has 0 aliphatic carbocycles. The zero-order valence-corrected chi connectivity index (χ0v) is 16.8. The van der Waals surface area contributed by atoms with Gasteiger partial charge in [0.2, 0.25) is 11.8 Å². The van der Waals surface area contributed by atoms with Crippen LogP contribution in [-0.2, 0) is 22.4 Å². The summed E-state index contributed by atoms with van der Waals surface area (Å²) in [7, 11) is 0. The van der Waals surface area contributed by atoms with Crippen LogP contribution in [0.4, 0.5) is 0 Å². The molecule has 5 heteroatoms. The summed E-state index contributed by atoms with van der Waals surface area (Å²) >= 11 is 6.16. The van der Waals surface area contributed by atoms with Crippen molar-refractivity contribution < 1.29 is 9.59 Å². The van der Waals surface area contributed by atoms with Gasteiger partial charge in [-0.15, -0.1) is 0 Å². The Morgan fingerprint density at radius 1 is 0.929 bits per heavy atom. The largest absolute Gasteiger partial charge is 0.353 e. The molecule has 1 fully saturated rings. The van der Waals surface area contributed by atoms with Crippen LogP contribution in [0.5, 0.6) is 0 Å². The predicted octanol–water partition coefficient (Wildman–Crippen LogP) is 4.01. The van der Waals surface area contributed by atoms with Crippen LogP contribution in [-0.4, -0.2) is 35.8 Å². The minimum Gasteiger partial charge on any atom is -0.353 e. The zero-order valence-electron chi connectivity index (χ0n) is 16.1. The lowest BCUT2D eigenvalue weighted by atomic mass is 10.0. The molecular weight excluding hydrogens is 372 g/mol. The third-order valence-electron chi connectivity index (χ3n) is 5.26. The summed E-state index contributed by atoms with van der Waals surface area (Å²) in [6.07, 6.45) is 4.02. The standard InChI is InChI=1S/C23H27ClN2O2/c24-21-9-5-4-8-19(21)11-13-23(28)26-16-14-20(15-17-26)25-22(27)12-10-18-6-2-1-3-7-18/h1-9,20H,10-17H2,(H,25,27). The summed E-state index contributed by atoms with van der Waals surface area (Å²) in [6.45, 7) is 1.40. The van der Waals surface area contributed by atoms with Gasteiger partial charge in [0, 0.05) is 37.0 Å². The van der Waals surface area contributed by atoms with Gasteiger partial charge in [-0.1, -0.05) is 60.1 Å². The van der Waals surface area contributed by atoms with Gasteiger partial charge in [-0.3, -0.25) is 9.59 Å². The zero-order chi connectivity index (χ0) is 19.8. The normalized spacial score (nSPS) is 14.7. The van der Waals surface area contributed by atoms with E-state index in [1.165, 1.54) is 5.56 Å². The molecule has 2 aromatic carbocycles. The first-order valence-corrected chi connectivity index (χ1v) is 10.3. The first-order chi connectivity index (χ1) is 13.6. The van der Waals surface area contributed by atoms with Crippen molar-refractivity contribution in [2.45, 2.75) is 44.6 Å². The maximum atomic E-state index is 12.5. The summed E-state index contributed by atoms with van der Waals surface area (Å²) in [5.41, 5.74) is 2.19. The SMILES string of the molecule is O=C(CCc1ccccc1)NC1CCN(C(=O)CCc2ccccc2Cl)CC1. The fraction of sp³-hybridized carbons (Fsp3) is 0.391. The molecule has 0 aromatic heterocycles. The molecular formula is C23H27ClN2O2. The molecule has 0 radical (unpaired) electrons. The molecule has 28 heavy (non-hydrogen) atoms. The molecule has 148 valence electrons. The van der Waals surface area contributed by atoms with E-state index < -0.39 is 0 Å². The highest BCUT2D eigenvalue weighted by atomic mass is 35.5. The van der Waals surface area contributed by atoms with Gasteiger partial charge in [-0.2, -0.15) is 0 Å². The van der Waals surface area contributed by atoms with Gasteiger partial charge in [0.1, 0.15) is 0 Å². The maximum Gasteiger partial charge on any atom is 0.222 e. The first-order valence-electron chi connectivity index (χ1n) is 9.96. The lowest BCUT2D eigenvalue weighted by Crippen LogP contribution is -2.46. The second-order valence-corrected chi connectivity index (χ2v) is 7.71. The Bertz CT molecular complexity index is 786. The van der Waals surface area contributed by atoms with E-state index in [0.717, 1.165) is 24.8 Å². The summed E-state index contributed by atoms with van der Waals surface area (Å²) in [5.74, 6) is 0.251. The van der Waals surface area contributed by atoms with E-state index in [2.05, 4.69) is 5.32 Å². The lowest BCUT2D eigenvalue weighted by Gasteiger charge is -2.32. The Morgan fingerprint density at radius 2 is 1.61 bits per heavy atom. The second kappa shape index (κ2) is 10.3. The van der Waals surface area contributed by atoms with Gasteiger partial charge in [-0.05, 0) is 42.9 Å². The van der Waals surface area contributed by atoms with Crippen molar-refractivity contribution in [1.82, 2.24) is 10.2 Å². The molecule has 0 saturated carbocycles. The lowest BCUT2D eigenvalue weighted by molar-refractivity contribution is -0.132. The van der Waals surface area contributed by atoms with Crippen molar-refractivity contribution in [2.75, 3.05) is 13.1 Å². The number of halogens is 1. The van der Waals surface area contributed by atoms with Gasteiger partial charge in [0.05, 0.1) is 0 Å². The minimum atomic E-state index is 0.0901. The molecule has 1 saturated heterocycles. The first kappa shape index (κ1) is 20.4. The summed E-state index contributed by atoms with van der Waals surface area (Å²) < 4.78 is 0. The Balaban J connectivity index is 1.36. The number of carbonyl (C=O) groups is 2. The number of benzene rings is 2. The van der Waals surface area contributed by atoms with Crippen molar-refractivity contribution in [1.29, 1.82) is 0 Å². The van der Waals surface area contributed by atoms with Crippen LogP contribution in [0.25, 0.3) is 0 Å². The number of likely N-dealkylation sites (tertiary alicyclic amines) is 1. The molecule has 0 bridgehead atoms. The van der Waals surface area contributed by atoms with Crippen LogP contribution in [0, 0.1) is 0 Å². The highest BCUT2D eigenvalue weighted by Crippen LogP contribution is 2.18. The molecule has 1 aliphatic rings. The number of hydrogen-bond donors (Lipinski definition) is 1. The van der Waals surface area contributed by atoms with Crippen molar-refractivity contribution in [2.24, 2.45) is 0 Å². The fourth-order valence-electron chi connectivity index (χ4n) is 3.58. The van der Waals surface area contributed by atoms with E-state index in [4.69, 9.17) is 11.6 Å². The highest BCUT2D eigenvalue weighted by molar-refractivity contribution is 6.31. The van der Waals surface area contributed by atoms with E-state index in [1.54, 1.807) is 0 Å². The minimum absolute atomic E-state index is 0.0901. The summed E-state index contributed by atoms with van der Waals surface area (Å²) in [4.78, 5) is 26.6. The smallest absolute Gasteiger partial charge is 0.222 e. The molecule has 1 aliphatic heterocycles. The van der Waals surface area contributed by atoms with Gasteiger partial charge >= 0.3 is 0 Å². The highest BCUT2D eigenvalue weighted by Gasteiger charge is 2.23. The third-order valence-corrected chi connectivity index (χ3v) is 5.63. The third kappa shape index (κ3) is 6.10. The molecule has 2 aromatic rings. The Kier molecular flexibility index (Phi) is 7.49. The van der Waals surface area contributed by atoms with E-state index >= 15 is 0 Å². The molecule has 3 rings (SSSR count). The second-order valence-electron chi connectivity index (χ2n) is 7.30. The summed E-state index contributed by atoms with van der Waals surface area (Å²) in [6, 6.07) is 17.9. The number of piperidine rings is 1. The number of rotatable bonds is 7. The Hall–Kier alpha value is -2.33.